The number of hydrogen-bond donors (Lipinski definition) is 0. The van der Waals surface area contributed by atoms with Gasteiger partial charge in [-0.15, -0.1) is 0 Å². The summed E-state index contributed by atoms with van der Waals surface area (Å²) in [5.74, 6) is 1.22. The minimum absolute atomic E-state index is 0.161. The lowest BCUT2D eigenvalue weighted by Gasteiger charge is -2.22. The van der Waals surface area contributed by atoms with E-state index in [9.17, 15) is 9.59 Å². The third-order valence-electron chi connectivity index (χ3n) is 4.39. The van der Waals surface area contributed by atoms with Crippen molar-refractivity contribution in [2.75, 3.05) is 32.8 Å². The Balaban J connectivity index is 1.71. The second-order valence-corrected chi connectivity index (χ2v) is 6.19. The fourth-order valence-corrected chi connectivity index (χ4v) is 2.92. The fourth-order valence-electron chi connectivity index (χ4n) is 2.92. The SMILES string of the molecule is CCC(=O)N1CCCN(C(=O)CCCOc2ccccc2C)CC1. The Kier molecular flexibility index (Phi) is 7.09. The largest absolute Gasteiger partial charge is 0.493 e. The van der Waals surface area contributed by atoms with Gasteiger partial charge in [0.25, 0.3) is 0 Å². The summed E-state index contributed by atoms with van der Waals surface area (Å²) in [6, 6.07) is 7.90. The van der Waals surface area contributed by atoms with Gasteiger partial charge in [0, 0.05) is 39.0 Å². The number of para-hydroxylation sites is 1. The predicted molar refractivity (Wildman–Crippen MR) is 94.0 cm³/mol. The van der Waals surface area contributed by atoms with Crippen LogP contribution in [0.25, 0.3) is 0 Å². The molecule has 2 rings (SSSR count). The summed E-state index contributed by atoms with van der Waals surface area (Å²) in [4.78, 5) is 27.9. The lowest BCUT2D eigenvalue weighted by atomic mass is 10.2. The van der Waals surface area contributed by atoms with Crippen molar-refractivity contribution in [3.63, 3.8) is 0 Å². The molecular formula is C19H28N2O3. The number of hydrogen-bond acceptors (Lipinski definition) is 3. The van der Waals surface area contributed by atoms with Crippen LogP contribution >= 0.6 is 0 Å². The van der Waals surface area contributed by atoms with Crippen molar-refractivity contribution < 1.29 is 14.3 Å². The Bertz CT molecular complexity index is 559. The Morgan fingerprint density at radius 2 is 1.71 bits per heavy atom. The fraction of sp³-hybridized carbons (Fsp3) is 0.579. The summed E-state index contributed by atoms with van der Waals surface area (Å²) >= 11 is 0. The summed E-state index contributed by atoms with van der Waals surface area (Å²) in [5, 5.41) is 0. The monoisotopic (exact) mass is 332 g/mol. The molecule has 1 saturated heterocycles. The number of benzene rings is 1. The minimum Gasteiger partial charge on any atom is -0.493 e. The molecule has 0 bridgehead atoms. The van der Waals surface area contributed by atoms with Crippen LogP contribution in [0, 0.1) is 6.92 Å². The van der Waals surface area contributed by atoms with E-state index < -0.39 is 0 Å². The van der Waals surface area contributed by atoms with Crippen molar-refractivity contribution >= 4 is 11.8 Å². The highest BCUT2D eigenvalue weighted by Crippen LogP contribution is 2.16. The molecule has 0 aromatic heterocycles. The van der Waals surface area contributed by atoms with E-state index in [0.717, 1.165) is 30.8 Å². The van der Waals surface area contributed by atoms with Crippen LogP contribution in [0.15, 0.2) is 24.3 Å². The molecule has 0 aliphatic carbocycles. The van der Waals surface area contributed by atoms with Crippen molar-refractivity contribution in [3.8, 4) is 5.75 Å². The van der Waals surface area contributed by atoms with Crippen LogP contribution in [-0.2, 0) is 9.59 Å². The predicted octanol–water partition coefficient (Wildman–Crippen LogP) is 2.62. The van der Waals surface area contributed by atoms with E-state index in [-0.39, 0.29) is 11.8 Å². The molecule has 0 N–H and O–H groups in total. The molecule has 24 heavy (non-hydrogen) atoms. The summed E-state index contributed by atoms with van der Waals surface area (Å²) in [7, 11) is 0. The van der Waals surface area contributed by atoms with E-state index in [0.29, 0.717) is 39.0 Å². The third kappa shape index (κ3) is 5.25. The average Bonchev–Trinajstić information content (AvgIpc) is 2.85. The topological polar surface area (TPSA) is 49.9 Å². The zero-order chi connectivity index (χ0) is 17.4. The number of amides is 2. The van der Waals surface area contributed by atoms with Gasteiger partial charge in [0.1, 0.15) is 5.75 Å². The molecule has 5 heteroatoms. The first kappa shape index (κ1) is 18.3. The van der Waals surface area contributed by atoms with Crippen LogP contribution in [0.2, 0.25) is 0 Å². The van der Waals surface area contributed by atoms with Gasteiger partial charge in [-0.25, -0.2) is 0 Å². The standard InChI is InChI=1S/C19H28N2O3/c1-3-18(22)20-11-7-12-21(14-13-20)19(23)10-6-15-24-17-9-5-4-8-16(17)2/h4-5,8-9H,3,6-7,10-15H2,1-2H3. The zero-order valence-electron chi connectivity index (χ0n) is 14.8. The van der Waals surface area contributed by atoms with Crippen LogP contribution in [-0.4, -0.2) is 54.4 Å². The molecule has 0 saturated carbocycles. The van der Waals surface area contributed by atoms with Crippen LogP contribution in [0.3, 0.4) is 0 Å². The van der Waals surface area contributed by atoms with E-state index in [1.165, 1.54) is 0 Å². The first-order valence-corrected chi connectivity index (χ1v) is 8.85. The van der Waals surface area contributed by atoms with E-state index in [1.807, 2.05) is 47.9 Å². The Hall–Kier alpha value is -2.04. The maximum absolute atomic E-state index is 12.3. The van der Waals surface area contributed by atoms with Gasteiger partial charge in [-0.2, -0.15) is 0 Å². The molecule has 0 spiro atoms. The van der Waals surface area contributed by atoms with Crippen LogP contribution in [0.4, 0.5) is 0 Å². The first-order chi connectivity index (χ1) is 11.6. The molecule has 0 unspecified atom stereocenters. The van der Waals surface area contributed by atoms with Gasteiger partial charge in [-0.1, -0.05) is 25.1 Å². The quantitative estimate of drug-likeness (QED) is 0.753. The lowest BCUT2D eigenvalue weighted by molar-refractivity contribution is -0.133. The average molecular weight is 332 g/mol. The highest BCUT2D eigenvalue weighted by molar-refractivity contribution is 5.77. The molecule has 1 aliphatic heterocycles. The number of nitrogens with zero attached hydrogens (tertiary/aromatic N) is 2. The second kappa shape index (κ2) is 9.30. The molecule has 132 valence electrons. The molecule has 1 aromatic carbocycles. The molecule has 1 aliphatic rings. The number of ether oxygens (including phenoxy) is 1. The molecule has 5 nitrogen and oxygen atoms in total. The zero-order valence-corrected chi connectivity index (χ0v) is 14.8. The summed E-state index contributed by atoms with van der Waals surface area (Å²) in [6.45, 7) is 7.23. The highest BCUT2D eigenvalue weighted by atomic mass is 16.5. The molecule has 0 radical (unpaired) electrons. The first-order valence-electron chi connectivity index (χ1n) is 8.85. The van der Waals surface area contributed by atoms with Crippen molar-refractivity contribution in [3.05, 3.63) is 29.8 Å². The van der Waals surface area contributed by atoms with Gasteiger partial charge < -0.3 is 14.5 Å². The number of carbonyl (C=O) groups excluding carboxylic acids is 2. The maximum Gasteiger partial charge on any atom is 0.222 e. The van der Waals surface area contributed by atoms with Crippen molar-refractivity contribution in [2.45, 2.75) is 39.5 Å². The highest BCUT2D eigenvalue weighted by Gasteiger charge is 2.20. The lowest BCUT2D eigenvalue weighted by Crippen LogP contribution is -2.37. The van der Waals surface area contributed by atoms with Crippen molar-refractivity contribution in [1.29, 1.82) is 0 Å². The molecule has 1 heterocycles. The Morgan fingerprint density at radius 3 is 2.38 bits per heavy atom. The van der Waals surface area contributed by atoms with E-state index in [2.05, 4.69) is 0 Å². The molecule has 0 atom stereocenters. The van der Waals surface area contributed by atoms with Crippen LogP contribution < -0.4 is 4.74 Å². The van der Waals surface area contributed by atoms with Gasteiger partial charge in [0.2, 0.25) is 11.8 Å². The normalized spacial score (nSPS) is 15.1. The van der Waals surface area contributed by atoms with Crippen molar-refractivity contribution in [1.82, 2.24) is 9.80 Å². The van der Waals surface area contributed by atoms with Crippen LogP contribution in [0.5, 0.6) is 5.75 Å². The van der Waals surface area contributed by atoms with Gasteiger partial charge >= 0.3 is 0 Å². The third-order valence-corrected chi connectivity index (χ3v) is 4.39. The van der Waals surface area contributed by atoms with Crippen molar-refractivity contribution in [2.24, 2.45) is 0 Å². The van der Waals surface area contributed by atoms with Gasteiger partial charge in [0.05, 0.1) is 6.61 Å². The Labute approximate surface area is 144 Å². The van der Waals surface area contributed by atoms with E-state index in [4.69, 9.17) is 4.74 Å². The van der Waals surface area contributed by atoms with E-state index in [1.54, 1.807) is 0 Å². The smallest absolute Gasteiger partial charge is 0.222 e. The molecule has 1 fully saturated rings. The number of carbonyl (C=O) groups is 2. The van der Waals surface area contributed by atoms with Gasteiger partial charge in [-0.05, 0) is 31.4 Å². The van der Waals surface area contributed by atoms with Crippen LogP contribution in [0.1, 0.15) is 38.2 Å². The number of aryl methyl sites for hydroxylation is 1. The summed E-state index contributed by atoms with van der Waals surface area (Å²) in [5.41, 5.74) is 1.11. The second-order valence-electron chi connectivity index (χ2n) is 6.19. The minimum atomic E-state index is 0.161. The van der Waals surface area contributed by atoms with E-state index >= 15 is 0 Å². The molecular weight excluding hydrogens is 304 g/mol. The molecule has 2 amide bonds. The summed E-state index contributed by atoms with van der Waals surface area (Å²) < 4.78 is 5.74. The van der Waals surface area contributed by atoms with Gasteiger partial charge in [0.15, 0.2) is 0 Å². The van der Waals surface area contributed by atoms with Gasteiger partial charge in [-0.3, -0.25) is 9.59 Å². The maximum atomic E-state index is 12.3. The molecule has 1 aromatic rings. The number of rotatable bonds is 6. The Morgan fingerprint density at radius 1 is 1.04 bits per heavy atom. The summed E-state index contributed by atoms with van der Waals surface area (Å²) in [6.07, 6.45) is 2.59.